The number of sulfonamides is 1. The van der Waals surface area contributed by atoms with Crippen molar-refractivity contribution in [2.24, 2.45) is 0 Å². The Hall–Kier alpha value is -2.75. The van der Waals surface area contributed by atoms with Gasteiger partial charge in [0.25, 0.3) is 0 Å². The van der Waals surface area contributed by atoms with E-state index in [0.29, 0.717) is 37.6 Å². The van der Waals surface area contributed by atoms with Crippen molar-refractivity contribution in [2.75, 3.05) is 43.4 Å². The number of hydrogen-bond donors (Lipinski definition) is 2. The fourth-order valence-corrected chi connectivity index (χ4v) is 4.56. The Kier molecular flexibility index (Phi) is 6.63. The lowest BCUT2D eigenvalue weighted by atomic mass is 10.2. The number of piperazine rings is 1. The summed E-state index contributed by atoms with van der Waals surface area (Å²) >= 11 is 0. The molecule has 1 aliphatic heterocycles. The predicted molar refractivity (Wildman–Crippen MR) is 111 cm³/mol. The van der Waals surface area contributed by atoms with Gasteiger partial charge in [-0.25, -0.2) is 8.42 Å². The second-order valence-electron chi connectivity index (χ2n) is 6.80. The third kappa shape index (κ3) is 5.63. The Morgan fingerprint density at radius 1 is 0.862 bits per heavy atom. The van der Waals surface area contributed by atoms with Crippen LogP contribution in [-0.4, -0.2) is 62.2 Å². The lowest BCUT2D eigenvalue weighted by Gasteiger charge is -2.33. The molecule has 2 aromatic rings. The van der Waals surface area contributed by atoms with E-state index < -0.39 is 10.0 Å². The van der Waals surface area contributed by atoms with Gasteiger partial charge in [-0.15, -0.1) is 0 Å². The second-order valence-corrected chi connectivity index (χ2v) is 8.74. The van der Waals surface area contributed by atoms with Crippen LogP contribution in [0.1, 0.15) is 6.92 Å². The van der Waals surface area contributed by atoms with E-state index in [9.17, 15) is 18.0 Å². The number of hydrogen-bond acceptors (Lipinski definition) is 5. The number of nitrogens with zero attached hydrogens (tertiary/aromatic N) is 2. The molecule has 0 saturated carbocycles. The normalized spacial score (nSPS) is 15.6. The molecular weight excluding hydrogens is 392 g/mol. The first-order chi connectivity index (χ1) is 13.8. The zero-order valence-corrected chi connectivity index (χ0v) is 17.0. The predicted octanol–water partition coefficient (Wildman–Crippen LogP) is 1.59. The van der Waals surface area contributed by atoms with E-state index in [4.69, 9.17) is 0 Å². The van der Waals surface area contributed by atoms with E-state index in [1.54, 1.807) is 54.6 Å². The molecule has 0 spiro atoms. The van der Waals surface area contributed by atoms with Gasteiger partial charge in [-0.2, -0.15) is 4.31 Å². The Morgan fingerprint density at radius 3 is 1.97 bits per heavy atom. The molecule has 0 radical (unpaired) electrons. The summed E-state index contributed by atoms with van der Waals surface area (Å²) in [5, 5.41) is 5.48. The molecule has 2 aromatic carbocycles. The molecule has 0 aromatic heterocycles. The topological polar surface area (TPSA) is 98.8 Å². The van der Waals surface area contributed by atoms with Crippen LogP contribution >= 0.6 is 0 Å². The average molecular weight is 417 g/mol. The van der Waals surface area contributed by atoms with E-state index in [2.05, 4.69) is 10.6 Å². The van der Waals surface area contributed by atoms with Crippen LogP contribution in [-0.2, 0) is 19.6 Å². The van der Waals surface area contributed by atoms with Crippen molar-refractivity contribution in [3.63, 3.8) is 0 Å². The molecule has 1 saturated heterocycles. The van der Waals surface area contributed by atoms with Crippen molar-refractivity contribution < 1.29 is 18.0 Å². The Balaban J connectivity index is 1.49. The maximum Gasteiger partial charge on any atom is 0.243 e. The highest BCUT2D eigenvalue weighted by Crippen LogP contribution is 2.17. The van der Waals surface area contributed by atoms with Crippen LogP contribution in [0.4, 0.5) is 11.4 Å². The lowest BCUT2D eigenvalue weighted by molar-refractivity contribution is -0.117. The number of carbonyl (C=O) groups is 2. The van der Waals surface area contributed by atoms with E-state index in [-0.39, 0.29) is 23.3 Å². The number of carbonyl (C=O) groups excluding carboxylic acids is 2. The van der Waals surface area contributed by atoms with Gasteiger partial charge in [-0.3, -0.25) is 14.5 Å². The quantitative estimate of drug-likeness (QED) is 0.745. The molecule has 0 aliphatic carbocycles. The molecule has 1 aliphatic rings. The van der Waals surface area contributed by atoms with Gasteiger partial charge in [0.1, 0.15) is 0 Å². The average Bonchev–Trinajstić information content (AvgIpc) is 2.70. The van der Waals surface area contributed by atoms with Crippen molar-refractivity contribution in [2.45, 2.75) is 11.8 Å². The fourth-order valence-electron chi connectivity index (χ4n) is 3.11. The number of benzene rings is 2. The molecule has 154 valence electrons. The maximum absolute atomic E-state index is 12.7. The van der Waals surface area contributed by atoms with Crippen LogP contribution in [0.15, 0.2) is 59.5 Å². The van der Waals surface area contributed by atoms with E-state index in [1.807, 2.05) is 4.90 Å². The molecule has 1 heterocycles. The maximum atomic E-state index is 12.7. The minimum absolute atomic E-state index is 0.157. The molecule has 29 heavy (non-hydrogen) atoms. The summed E-state index contributed by atoms with van der Waals surface area (Å²) in [6.45, 7) is 3.28. The number of rotatable bonds is 6. The molecule has 0 bridgehead atoms. The molecule has 2 N–H and O–H groups in total. The van der Waals surface area contributed by atoms with Crippen LogP contribution in [0.2, 0.25) is 0 Å². The zero-order valence-electron chi connectivity index (χ0n) is 16.2. The second kappa shape index (κ2) is 9.17. The molecule has 9 heteroatoms. The number of nitrogens with one attached hydrogen (secondary N) is 2. The van der Waals surface area contributed by atoms with E-state index in [1.165, 1.54) is 11.2 Å². The zero-order chi connectivity index (χ0) is 20.9. The first-order valence-electron chi connectivity index (χ1n) is 9.30. The molecule has 0 atom stereocenters. The molecule has 0 unspecified atom stereocenters. The van der Waals surface area contributed by atoms with E-state index in [0.717, 1.165) is 0 Å². The van der Waals surface area contributed by atoms with E-state index >= 15 is 0 Å². The summed E-state index contributed by atoms with van der Waals surface area (Å²) in [6.07, 6.45) is 0. The summed E-state index contributed by atoms with van der Waals surface area (Å²) in [5.74, 6) is -0.327. The fraction of sp³-hybridized carbons (Fsp3) is 0.300. The summed E-state index contributed by atoms with van der Waals surface area (Å²) in [5.41, 5.74) is 1.29. The smallest absolute Gasteiger partial charge is 0.243 e. The van der Waals surface area contributed by atoms with Crippen LogP contribution < -0.4 is 10.6 Å². The third-order valence-electron chi connectivity index (χ3n) is 4.57. The van der Waals surface area contributed by atoms with Gasteiger partial charge in [-0.05, 0) is 36.4 Å². The van der Waals surface area contributed by atoms with Gasteiger partial charge >= 0.3 is 0 Å². The van der Waals surface area contributed by atoms with Gasteiger partial charge < -0.3 is 10.6 Å². The first-order valence-corrected chi connectivity index (χ1v) is 10.7. The largest absolute Gasteiger partial charge is 0.326 e. The highest BCUT2D eigenvalue weighted by atomic mass is 32.2. The van der Waals surface area contributed by atoms with Gasteiger partial charge in [0.15, 0.2) is 0 Å². The highest BCUT2D eigenvalue weighted by molar-refractivity contribution is 7.89. The van der Waals surface area contributed by atoms with Crippen LogP contribution in [0.3, 0.4) is 0 Å². The summed E-state index contributed by atoms with van der Waals surface area (Å²) in [4.78, 5) is 25.5. The third-order valence-corrected chi connectivity index (χ3v) is 6.48. The van der Waals surface area contributed by atoms with Gasteiger partial charge in [0, 0.05) is 44.5 Å². The summed E-state index contributed by atoms with van der Waals surface area (Å²) in [7, 11) is -3.50. The molecular formula is C20H24N4O4S. The van der Waals surface area contributed by atoms with Crippen molar-refractivity contribution in [3.8, 4) is 0 Å². The molecule has 2 amide bonds. The van der Waals surface area contributed by atoms with Crippen LogP contribution in [0, 0.1) is 0 Å². The minimum Gasteiger partial charge on any atom is -0.326 e. The standard InChI is InChI=1S/C20H24N4O4S/c1-16(25)21-17-7-9-18(10-8-17)22-20(26)15-23-11-13-24(14-12-23)29(27,28)19-5-3-2-4-6-19/h2-10H,11-15H2,1H3,(H,21,25)(H,22,26). The summed E-state index contributed by atoms with van der Waals surface area (Å²) < 4.78 is 26.8. The van der Waals surface area contributed by atoms with Gasteiger partial charge in [0.2, 0.25) is 21.8 Å². The summed E-state index contributed by atoms with van der Waals surface area (Å²) in [6, 6.07) is 15.2. The van der Waals surface area contributed by atoms with Crippen molar-refractivity contribution in [3.05, 3.63) is 54.6 Å². The van der Waals surface area contributed by atoms with Crippen molar-refractivity contribution in [1.82, 2.24) is 9.21 Å². The Labute approximate surface area is 170 Å². The first kappa shape index (κ1) is 21.0. The van der Waals surface area contributed by atoms with Gasteiger partial charge in [0.05, 0.1) is 11.4 Å². The van der Waals surface area contributed by atoms with Crippen LogP contribution in [0.5, 0.6) is 0 Å². The Morgan fingerprint density at radius 2 is 1.41 bits per heavy atom. The molecule has 8 nitrogen and oxygen atoms in total. The number of anilines is 2. The van der Waals surface area contributed by atoms with Crippen molar-refractivity contribution >= 4 is 33.2 Å². The Bertz CT molecular complexity index is 954. The lowest BCUT2D eigenvalue weighted by Crippen LogP contribution is -2.50. The van der Waals surface area contributed by atoms with Gasteiger partial charge in [-0.1, -0.05) is 18.2 Å². The molecule has 1 fully saturated rings. The number of amides is 2. The van der Waals surface area contributed by atoms with Crippen molar-refractivity contribution in [1.29, 1.82) is 0 Å². The monoisotopic (exact) mass is 416 g/mol. The minimum atomic E-state index is -3.50. The SMILES string of the molecule is CC(=O)Nc1ccc(NC(=O)CN2CCN(S(=O)(=O)c3ccccc3)CC2)cc1. The highest BCUT2D eigenvalue weighted by Gasteiger charge is 2.28. The molecule has 3 rings (SSSR count). The van der Waals surface area contributed by atoms with Crippen LogP contribution in [0.25, 0.3) is 0 Å².